The Bertz CT molecular complexity index is 450. The summed E-state index contributed by atoms with van der Waals surface area (Å²) < 4.78 is 4.83. The van der Waals surface area contributed by atoms with Crippen LogP contribution < -0.4 is 5.32 Å². The van der Waals surface area contributed by atoms with Crippen LogP contribution in [0.25, 0.3) is 0 Å². The van der Waals surface area contributed by atoms with Gasteiger partial charge in [-0.25, -0.2) is 4.79 Å². The zero-order valence-electron chi connectivity index (χ0n) is 12.8. The number of ether oxygens (including phenoxy) is 1. The number of nitrogens with one attached hydrogen (secondary N) is 1. The zero-order valence-corrected chi connectivity index (χ0v) is 12.8. The van der Waals surface area contributed by atoms with Crippen LogP contribution in [0.2, 0.25) is 0 Å². The summed E-state index contributed by atoms with van der Waals surface area (Å²) in [6.07, 6.45) is 2.77. The van der Waals surface area contributed by atoms with Gasteiger partial charge in [0.25, 0.3) is 5.91 Å². The minimum atomic E-state index is -0.846. The Labute approximate surface area is 124 Å². The van der Waals surface area contributed by atoms with Crippen LogP contribution in [0.1, 0.15) is 33.1 Å². The van der Waals surface area contributed by atoms with Gasteiger partial charge in [0, 0.05) is 13.1 Å². The molecule has 2 heterocycles. The van der Waals surface area contributed by atoms with Crippen LogP contribution in [0.5, 0.6) is 0 Å². The Hall–Kier alpha value is -1.63. The summed E-state index contributed by atoms with van der Waals surface area (Å²) in [5.74, 6) is -0.466. The summed E-state index contributed by atoms with van der Waals surface area (Å²) in [5, 5.41) is 2.65. The highest BCUT2D eigenvalue weighted by Gasteiger charge is 2.44. The number of hydrogen-bond donors (Lipinski definition) is 1. The van der Waals surface area contributed by atoms with Crippen molar-refractivity contribution in [3.05, 3.63) is 0 Å². The van der Waals surface area contributed by atoms with Gasteiger partial charge in [0.15, 0.2) is 0 Å². The number of urea groups is 1. The number of carbonyl (C=O) groups is 3. The molecule has 3 amide bonds. The van der Waals surface area contributed by atoms with E-state index in [4.69, 9.17) is 4.74 Å². The van der Waals surface area contributed by atoms with Gasteiger partial charge in [-0.2, -0.15) is 0 Å². The second kappa shape index (κ2) is 6.01. The van der Waals surface area contributed by atoms with Crippen LogP contribution in [0, 0.1) is 0 Å². The van der Waals surface area contributed by atoms with E-state index >= 15 is 0 Å². The topological polar surface area (TPSA) is 79.0 Å². The SMILES string of the molecule is COC(=O)C1CCCCN1CCN1C(=O)NC(C)(C)C1=O. The molecule has 0 spiro atoms. The monoisotopic (exact) mass is 297 g/mol. The Morgan fingerprint density at radius 1 is 1.33 bits per heavy atom. The van der Waals surface area contributed by atoms with Crippen LogP contribution in [-0.4, -0.2) is 66.0 Å². The van der Waals surface area contributed by atoms with E-state index in [0.717, 1.165) is 25.8 Å². The van der Waals surface area contributed by atoms with E-state index in [2.05, 4.69) is 5.32 Å². The molecule has 2 fully saturated rings. The van der Waals surface area contributed by atoms with Crippen LogP contribution >= 0.6 is 0 Å². The molecule has 2 aliphatic rings. The number of amides is 3. The van der Waals surface area contributed by atoms with E-state index in [1.54, 1.807) is 13.8 Å². The lowest BCUT2D eigenvalue weighted by atomic mass is 10.0. The van der Waals surface area contributed by atoms with E-state index in [0.29, 0.717) is 13.1 Å². The molecule has 1 atom stereocenters. The first-order valence-electron chi connectivity index (χ1n) is 7.33. The largest absolute Gasteiger partial charge is 0.468 e. The van der Waals surface area contributed by atoms with Crippen molar-refractivity contribution in [2.24, 2.45) is 0 Å². The quantitative estimate of drug-likeness (QED) is 0.598. The van der Waals surface area contributed by atoms with E-state index in [9.17, 15) is 14.4 Å². The van der Waals surface area contributed by atoms with Crippen molar-refractivity contribution >= 4 is 17.9 Å². The molecule has 0 bridgehead atoms. The van der Waals surface area contributed by atoms with Crippen molar-refractivity contribution in [2.45, 2.75) is 44.7 Å². The summed E-state index contributed by atoms with van der Waals surface area (Å²) >= 11 is 0. The van der Waals surface area contributed by atoms with Crippen LogP contribution in [0.3, 0.4) is 0 Å². The molecule has 0 aromatic heterocycles. The molecule has 118 valence electrons. The fraction of sp³-hybridized carbons (Fsp3) is 0.786. The van der Waals surface area contributed by atoms with Crippen molar-refractivity contribution < 1.29 is 19.1 Å². The number of carbonyl (C=O) groups excluding carboxylic acids is 3. The van der Waals surface area contributed by atoms with Crippen molar-refractivity contribution in [1.82, 2.24) is 15.1 Å². The predicted molar refractivity (Wildman–Crippen MR) is 75.6 cm³/mol. The van der Waals surface area contributed by atoms with Gasteiger partial charge in [0.2, 0.25) is 0 Å². The standard InChI is InChI=1S/C14H23N3O4/c1-14(2)12(19)17(13(20)15-14)9-8-16-7-5-4-6-10(16)11(18)21-3/h10H,4-9H2,1-3H3,(H,15,20). The first-order valence-corrected chi connectivity index (χ1v) is 7.33. The third-order valence-corrected chi connectivity index (χ3v) is 4.14. The average Bonchev–Trinajstić information content (AvgIpc) is 2.65. The van der Waals surface area contributed by atoms with Gasteiger partial charge in [0.05, 0.1) is 7.11 Å². The molecule has 1 N–H and O–H groups in total. The normalized spacial score (nSPS) is 25.9. The molecular formula is C14H23N3O4. The van der Waals surface area contributed by atoms with E-state index in [-0.39, 0.29) is 23.9 Å². The maximum absolute atomic E-state index is 12.1. The third kappa shape index (κ3) is 3.18. The van der Waals surface area contributed by atoms with Gasteiger partial charge < -0.3 is 10.1 Å². The second-order valence-electron chi connectivity index (χ2n) is 6.08. The minimum Gasteiger partial charge on any atom is -0.468 e. The summed E-state index contributed by atoms with van der Waals surface area (Å²) in [4.78, 5) is 39.0. The highest BCUT2D eigenvalue weighted by molar-refractivity contribution is 6.06. The average molecular weight is 297 g/mol. The Morgan fingerprint density at radius 3 is 2.62 bits per heavy atom. The molecule has 2 aliphatic heterocycles. The maximum atomic E-state index is 12.1. The van der Waals surface area contributed by atoms with E-state index in [1.807, 2.05) is 4.90 Å². The van der Waals surface area contributed by atoms with E-state index in [1.165, 1.54) is 12.0 Å². The summed E-state index contributed by atoms with van der Waals surface area (Å²) in [5.41, 5.74) is -0.846. The number of piperidine rings is 1. The van der Waals surface area contributed by atoms with E-state index < -0.39 is 5.54 Å². The van der Waals surface area contributed by atoms with Gasteiger partial charge >= 0.3 is 12.0 Å². The molecule has 2 saturated heterocycles. The highest BCUT2D eigenvalue weighted by atomic mass is 16.5. The maximum Gasteiger partial charge on any atom is 0.325 e. The fourth-order valence-corrected chi connectivity index (χ4v) is 2.91. The molecule has 0 saturated carbocycles. The van der Waals surface area contributed by atoms with Crippen molar-refractivity contribution in [2.75, 3.05) is 26.7 Å². The first-order chi connectivity index (χ1) is 9.86. The van der Waals surface area contributed by atoms with Gasteiger partial charge in [-0.3, -0.25) is 19.4 Å². The molecule has 7 nitrogen and oxygen atoms in total. The Morgan fingerprint density at radius 2 is 2.05 bits per heavy atom. The smallest absolute Gasteiger partial charge is 0.325 e. The lowest BCUT2D eigenvalue weighted by Crippen LogP contribution is -2.49. The summed E-state index contributed by atoms with van der Waals surface area (Å²) in [6.45, 7) is 4.94. The predicted octanol–water partition coefficient (Wildman–Crippen LogP) is 0.344. The zero-order chi connectivity index (χ0) is 15.6. The molecule has 7 heteroatoms. The second-order valence-corrected chi connectivity index (χ2v) is 6.08. The number of hydrogen-bond acceptors (Lipinski definition) is 5. The highest BCUT2D eigenvalue weighted by Crippen LogP contribution is 2.20. The van der Waals surface area contributed by atoms with Crippen LogP contribution in [0.15, 0.2) is 0 Å². The van der Waals surface area contributed by atoms with Crippen LogP contribution in [0.4, 0.5) is 4.79 Å². The van der Waals surface area contributed by atoms with Gasteiger partial charge in [-0.15, -0.1) is 0 Å². The number of methoxy groups -OCH3 is 1. The van der Waals surface area contributed by atoms with Gasteiger partial charge in [0.1, 0.15) is 11.6 Å². The molecule has 21 heavy (non-hydrogen) atoms. The summed E-state index contributed by atoms with van der Waals surface area (Å²) in [6, 6.07) is -0.630. The number of imide groups is 1. The Balaban J connectivity index is 1.96. The lowest BCUT2D eigenvalue weighted by molar-refractivity contribution is -0.148. The molecule has 2 rings (SSSR count). The van der Waals surface area contributed by atoms with Crippen LogP contribution in [-0.2, 0) is 14.3 Å². The molecular weight excluding hydrogens is 274 g/mol. The fourth-order valence-electron chi connectivity index (χ4n) is 2.91. The molecule has 0 aliphatic carbocycles. The third-order valence-electron chi connectivity index (χ3n) is 4.14. The van der Waals surface area contributed by atoms with Crippen molar-refractivity contribution in [3.8, 4) is 0 Å². The van der Waals surface area contributed by atoms with Gasteiger partial charge in [-0.05, 0) is 33.2 Å². The Kier molecular flexibility index (Phi) is 4.51. The molecule has 0 radical (unpaired) electrons. The minimum absolute atomic E-state index is 0.223. The molecule has 0 aromatic carbocycles. The summed E-state index contributed by atoms with van der Waals surface area (Å²) in [7, 11) is 1.38. The molecule has 0 aromatic rings. The van der Waals surface area contributed by atoms with Gasteiger partial charge in [-0.1, -0.05) is 6.42 Å². The number of likely N-dealkylation sites (tertiary alicyclic amines) is 1. The molecule has 1 unspecified atom stereocenters. The number of esters is 1. The van der Waals surface area contributed by atoms with Crippen molar-refractivity contribution in [1.29, 1.82) is 0 Å². The van der Waals surface area contributed by atoms with Crippen molar-refractivity contribution in [3.63, 3.8) is 0 Å². The first kappa shape index (κ1) is 15.8. The lowest BCUT2D eigenvalue weighted by Gasteiger charge is -2.34. The number of rotatable bonds is 4. The number of nitrogens with zero attached hydrogens (tertiary/aromatic N) is 2.